The third-order valence-corrected chi connectivity index (χ3v) is 4.01. The Balaban J connectivity index is 1.75. The van der Waals surface area contributed by atoms with Crippen LogP contribution in [-0.2, 0) is 6.54 Å². The average Bonchev–Trinajstić information content (AvgIpc) is 2.45. The number of benzene rings is 1. The summed E-state index contributed by atoms with van der Waals surface area (Å²) in [5.41, 5.74) is 1.43. The fourth-order valence-corrected chi connectivity index (χ4v) is 2.73. The Morgan fingerprint density at radius 2 is 1.89 bits per heavy atom. The third-order valence-electron chi connectivity index (χ3n) is 4.01. The molecule has 0 aliphatic carbocycles. The molecule has 0 spiro atoms. The van der Waals surface area contributed by atoms with Crippen molar-refractivity contribution in [3.63, 3.8) is 0 Å². The molecule has 1 aromatic carbocycles. The van der Waals surface area contributed by atoms with E-state index in [0.717, 1.165) is 19.0 Å². The van der Waals surface area contributed by atoms with Crippen LogP contribution < -0.4 is 5.32 Å². The summed E-state index contributed by atoms with van der Waals surface area (Å²) in [5, 5.41) is 3.44. The van der Waals surface area contributed by atoms with Crippen LogP contribution in [0, 0.1) is 5.92 Å². The number of piperidine rings is 1. The van der Waals surface area contributed by atoms with E-state index in [1.807, 2.05) is 0 Å². The quantitative estimate of drug-likeness (QED) is 0.830. The summed E-state index contributed by atoms with van der Waals surface area (Å²) in [7, 11) is 0. The monoisotopic (exact) mass is 246 g/mol. The van der Waals surface area contributed by atoms with Crippen molar-refractivity contribution in [2.75, 3.05) is 26.2 Å². The molecule has 0 amide bonds. The molecule has 1 aromatic rings. The molecule has 0 saturated carbocycles. The van der Waals surface area contributed by atoms with Crippen LogP contribution in [0.4, 0.5) is 0 Å². The Bertz CT molecular complexity index is 317. The first-order chi connectivity index (χ1) is 8.88. The van der Waals surface area contributed by atoms with Gasteiger partial charge in [0.2, 0.25) is 0 Å². The van der Waals surface area contributed by atoms with Crippen LogP contribution in [0.1, 0.15) is 31.7 Å². The lowest BCUT2D eigenvalue weighted by molar-refractivity contribution is 0.238. The lowest BCUT2D eigenvalue weighted by Gasteiger charge is -2.26. The molecule has 2 heteroatoms. The van der Waals surface area contributed by atoms with Gasteiger partial charge >= 0.3 is 0 Å². The van der Waals surface area contributed by atoms with Crippen molar-refractivity contribution in [3.8, 4) is 0 Å². The highest BCUT2D eigenvalue weighted by molar-refractivity contribution is 5.14. The lowest BCUT2D eigenvalue weighted by Crippen LogP contribution is -2.31. The van der Waals surface area contributed by atoms with Gasteiger partial charge in [-0.25, -0.2) is 0 Å². The van der Waals surface area contributed by atoms with Crippen LogP contribution >= 0.6 is 0 Å². The molecule has 0 bridgehead atoms. The van der Waals surface area contributed by atoms with Gasteiger partial charge in [0.25, 0.3) is 0 Å². The van der Waals surface area contributed by atoms with Gasteiger partial charge in [-0.3, -0.25) is 4.90 Å². The fourth-order valence-electron chi connectivity index (χ4n) is 2.73. The summed E-state index contributed by atoms with van der Waals surface area (Å²) < 4.78 is 0. The van der Waals surface area contributed by atoms with Gasteiger partial charge in [0, 0.05) is 6.54 Å². The highest BCUT2D eigenvalue weighted by Gasteiger charge is 2.14. The van der Waals surface area contributed by atoms with Crippen LogP contribution in [0.3, 0.4) is 0 Å². The Labute approximate surface area is 111 Å². The average molecular weight is 246 g/mol. The minimum atomic E-state index is 0.941. The molecule has 2 rings (SSSR count). The molecule has 1 N–H and O–H groups in total. The van der Waals surface area contributed by atoms with E-state index in [0.29, 0.717) is 0 Å². The van der Waals surface area contributed by atoms with Gasteiger partial charge in [-0.2, -0.15) is 0 Å². The highest BCUT2D eigenvalue weighted by Crippen LogP contribution is 2.17. The van der Waals surface area contributed by atoms with E-state index in [4.69, 9.17) is 0 Å². The topological polar surface area (TPSA) is 15.3 Å². The van der Waals surface area contributed by atoms with Crippen LogP contribution in [0.2, 0.25) is 0 Å². The van der Waals surface area contributed by atoms with Gasteiger partial charge in [-0.05, 0) is 56.9 Å². The van der Waals surface area contributed by atoms with Gasteiger partial charge in [-0.15, -0.1) is 0 Å². The van der Waals surface area contributed by atoms with Crippen molar-refractivity contribution in [3.05, 3.63) is 35.9 Å². The van der Waals surface area contributed by atoms with Gasteiger partial charge in [-0.1, -0.05) is 37.3 Å². The molecular weight excluding hydrogens is 220 g/mol. The molecule has 1 aliphatic rings. The van der Waals surface area contributed by atoms with E-state index >= 15 is 0 Å². The number of hydrogen-bond acceptors (Lipinski definition) is 2. The lowest BCUT2D eigenvalue weighted by atomic mass is 9.94. The molecule has 0 aromatic heterocycles. The molecule has 1 aliphatic heterocycles. The first-order valence-electron chi connectivity index (χ1n) is 7.35. The summed E-state index contributed by atoms with van der Waals surface area (Å²) in [6, 6.07) is 10.8. The predicted octanol–water partition coefficient (Wildman–Crippen LogP) is 2.90. The maximum Gasteiger partial charge on any atom is 0.0233 e. The number of nitrogens with one attached hydrogen (secondary N) is 1. The Hall–Kier alpha value is -0.860. The number of rotatable bonds is 6. The maximum absolute atomic E-state index is 3.44. The van der Waals surface area contributed by atoms with E-state index < -0.39 is 0 Å². The molecule has 2 nitrogen and oxygen atoms in total. The van der Waals surface area contributed by atoms with E-state index in [1.165, 1.54) is 44.5 Å². The molecular formula is C16H26N2. The zero-order valence-corrected chi connectivity index (χ0v) is 11.6. The standard InChI is InChI=1S/C16H26N2/c1-2-18(14-16-6-4-3-5-7-16)13-10-15-8-11-17-12-9-15/h3-7,15,17H,2,8-14H2,1H3. The molecule has 1 fully saturated rings. The summed E-state index contributed by atoms with van der Waals surface area (Å²) in [4.78, 5) is 2.57. The Kier molecular flexibility index (Phi) is 5.69. The van der Waals surface area contributed by atoms with E-state index in [1.54, 1.807) is 0 Å². The molecule has 1 heterocycles. The van der Waals surface area contributed by atoms with Gasteiger partial charge in [0.1, 0.15) is 0 Å². The van der Waals surface area contributed by atoms with Crippen LogP contribution in [0.5, 0.6) is 0 Å². The van der Waals surface area contributed by atoms with E-state index in [9.17, 15) is 0 Å². The highest BCUT2D eigenvalue weighted by atomic mass is 15.1. The SMILES string of the molecule is CCN(CCC1CCNCC1)Cc1ccccc1. The van der Waals surface area contributed by atoms with E-state index in [2.05, 4.69) is 47.5 Å². The van der Waals surface area contributed by atoms with Crippen LogP contribution in [0.25, 0.3) is 0 Å². The summed E-state index contributed by atoms with van der Waals surface area (Å²) in [5.74, 6) is 0.941. The molecule has 0 atom stereocenters. The third kappa shape index (κ3) is 4.43. The number of hydrogen-bond donors (Lipinski definition) is 1. The van der Waals surface area contributed by atoms with Gasteiger partial charge < -0.3 is 5.32 Å². The zero-order valence-electron chi connectivity index (χ0n) is 11.6. The molecule has 0 radical (unpaired) electrons. The van der Waals surface area contributed by atoms with Crippen molar-refractivity contribution >= 4 is 0 Å². The number of nitrogens with zero attached hydrogens (tertiary/aromatic N) is 1. The summed E-state index contributed by atoms with van der Waals surface area (Å²) in [6.45, 7) is 8.20. The maximum atomic E-state index is 3.44. The van der Waals surface area contributed by atoms with Crippen LogP contribution in [0.15, 0.2) is 30.3 Å². The second kappa shape index (κ2) is 7.55. The molecule has 1 saturated heterocycles. The van der Waals surface area contributed by atoms with Crippen molar-refractivity contribution in [2.24, 2.45) is 5.92 Å². The first kappa shape index (κ1) is 13.6. The summed E-state index contributed by atoms with van der Waals surface area (Å²) >= 11 is 0. The van der Waals surface area contributed by atoms with Gasteiger partial charge in [0.05, 0.1) is 0 Å². The van der Waals surface area contributed by atoms with E-state index in [-0.39, 0.29) is 0 Å². The largest absolute Gasteiger partial charge is 0.317 e. The van der Waals surface area contributed by atoms with Gasteiger partial charge in [0.15, 0.2) is 0 Å². The van der Waals surface area contributed by atoms with Crippen LogP contribution in [-0.4, -0.2) is 31.1 Å². The molecule has 100 valence electrons. The molecule has 0 unspecified atom stereocenters. The van der Waals surface area contributed by atoms with Crippen molar-refractivity contribution in [1.82, 2.24) is 10.2 Å². The minimum absolute atomic E-state index is 0.941. The first-order valence-corrected chi connectivity index (χ1v) is 7.35. The van der Waals surface area contributed by atoms with Crippen molar-refractivity contribution < 1.29 is 0 Å². The second-order valence-corrected chi connectivity index (χ2v) is 5.34. The van der Waals surface area contributed by atoms with Crippen molar-refractivity contribution in [1.29, 1.82) is 0 Å². The molecule has 18 heavy (non-hydrogen) atoms. The predicted molar refractivity (Wildman–Crippen MR) is 77.6 cm³/mol. The Morgan fingerprint density at radius 3 is 2.56 bits per heavy atom. The summed E-state index contributed by atoms with van der Waals surface area (Å²) in [6.07, 6.45) is 4.09. The van der Waals surface area contributed by atoms with Crippen molar-refractivity contribution in [2.45, 2.75) is 32.7 Å². The Morgan fingerprint density at radius 1 is 1.17 bits per heavy atom. The minimum Gasteiger partial charge on any atom is -0.317 e. The normalized spacial score (nSPS) is 17.2. The fraction of sp³-hybridized carbons (Fsp3) is 0.625. The zero-order chi connectivity index (χ0) is 12.6. The smallest absolute Gasteiger partial charge is 0.0233 e. The second-order valence-electron chi connectivity index (χ2n) is 5.34.